The molecule has 0 saturated heterocycles. The van der Waals surface area contributed by atoms with E-state index < -0.39 is 0 Å². The average molecular weight is 288 g/mol. The third-order valence-corrected chi connectivity index (χ3v) is 3.02. The van der Waals surface area contributed by atoms with Crippen molar-refractivity contribution < 1.29 is 14.3 Å². The van der Waals surface area contributed by atoms with Gasteiger partial charge in [-0.25, -0.2) is 0 Å². The summed E-state index contributed by atoms with van der Waals surface area (Å²) in [6, 6.07) is 7.92. The van der Waals surface area contributed by atoms with Crippen LogP contribution in [0.2, 0.25) is 0 Å². The molecule has 6 heteroatoms. The fraction of sp³-hybridized carbons (Fsp3) is 0.200. The fourth-order valence-electron chi connectivity index (χ4n) is 1.80. The summed E-state index contributed by atoms with van der Waals surface area (Å²) >= 11 is 0. The summed E-state index contributed by atoms with van der Waals surface area (Å²) in [7, 11) is 4.67. The molecule has 21 heavy (non-hydrogen) atoms. The van der Waals surface area contributed by atoms with Crippen LogP contribution in [0, 0.1) is 0 Å². The third-order valence-electron chi connectivity index (χ3n) is 3.02. The summed E-state index contributed by atoms with van der Waals surface area (Å²) in [4.78, 5) is 23.7. The van der Waals surface area contributed by atoms with Crippen molar-refractivity contribution in [3.8, 4) is 11.5 Å². The molecule has 0 bridgehead atoms. The van der Waals surface area contributed by atoms with E-state index in [1.54, 1.807) is 37.5 Å². The number of benzene rings is 1. The van der Waals surface area contributed by atoms with E-state index in [1.807, 2.05) is 0 Å². The first-order valence-electron chi connectivity index (χ1n) is 6.25. The lowest BCUT2D eigenvalue weighted by molar-refractivity contribution is 0.102. The van der Waals surface area contributed by atoms with E-state index in [9.17, 15) is 9.59 Å². The second-order valence-electron chi connectivity index (χ2n) is 4.38. The molecule has 0 saturated carbocycles. The molecule has 6 nitrogen and oxygen atoms in total. The number of hydrogen-bond donors (Lipinski definition) is 1. The van der Waals surface area contributed by atoms with Crippen molar-refractivity contribution in [1.29, 1.82) is 0 Å². The van der Waals surface area contributed by atoms with Gasteiger partial charge in [0.25, 0.3) is 11.5 Å². The van der Waals surface area contributed by atoms with Gasteiger partial charge in [0.2, 0.25) is 0 Å². The lowest BCUT2D eigenvalue weighted by Crippen LogP contribution is -2.20. The Labute approximate surface area is 121 Å². The summed E-state index contributed by atoms with van der Waals surface area (Å²) < 4.78 is 11.7. The van der Waals surface area contributed by atoms with Gasteiger partial charge in [0, 0.05) is 30.9 Å². The highest BCUT2D eigenvalue weighted by molar-refractivity contribution is 6.05. The molecule has 2 aromatic rings. The van der Waals surface area contributed by atoms with Gasteiger partial charge in [-0.2, -0.15) is 0 Å². The van der Waals surface area contributed by atoms with Gasteiger partial charge in [0.15, 0.2) is 0 Å². The van der Waals surface area contributed by atoms with Crippen molar-refractivity contribution >= 4 is 11.6 Å². The van der Waals surface area contributed by atoms with E-state index in [4.69, 9.17) is 9.47 Å². The highest BCUT2D eigenvalue weighted by Crippen LogP contribution is 2.29. The zero-order chi connectivity index (χ0) is 15.4. The molecule has 1 N–H and O–H groups in total. The van der Waals surface area contributed by atoms with Crippen LogP contribution in [0.15, 0.2) is 41.3 Å². The van der Waals surface area contributed by atoms with E-state index in [-0.39, 0.29) is 17.0 Å². The maximum atomic E-state index is 12.2. The standard InChI is InChI=1S/C15H16N2O4/c1-17-7-6-10(8-14(17)18)15(19)16-12-9-11(20-2)4-5-13(12)21-3/h4-9H,1-3H3,(H,16,19). The number of nitrogens with zero attached hydrogens (tertiary/aromatic N) is 1. The van der Waals surface area contributed by atoms with E-state index in [0.717, 1.165) is 0 Å². The number of aromatic nitrogens is 1. The molecular formula is C15H16N2O4. The van der Waals surface area contributed by atoms with E-state index in [1.165, 1.54) is 24.9 Å². The number of pyridine rings is 1. The maximum Gasteiger partial charge on any atom is 0.256 e. The zero-order valence-electron chi connectivity index (χ0n) is 12.0. The summed E-state index contributed by atoms with van der Waals surface area (Å²) in [5.41, 5.74) is 0.505. The number of aryl methyl sites for hydroxylation is 1. The molecule has 2 rings (SSSR count). The van der Waals surface area contributed by atoms with Crippen LogP contribution in [0.1, 0.15) is 10.4 Å². The number of amides is 1. The van der Waals surface area contributed by atoms with E-state index in [0.29, 0.717) is 17.2 Å². The molecular weight excluding hydrogens is 272 g/mol. The van der Waals surface area contributed by atoms with Gasteiger partial charge < -0.3 is 19.4 Å². The molecule has 0 unspecified atom stereocenters. The molecule has 0 aliphatic carbocycles. The Balaban J connectivity index is 2.30. The van der Waals surface area contributed by atoms with Crippen LogP contribution < -0.4 is 20.3 Å². The monoisotopic (exact) mass is 288 g/mol. The van der Waals surface area contributed by atoms with Crippen LogP contribution in [-0.2, 0) is 7.05 Å². The molecule has 1 aromatic carbocycles. The predicted molar refractivity (Wildman–Crippen MR) is 79.2 cm³/mol. The van der Waals surface area contributed by atoms with Crippen LogP contribution in [0.4, 0.5) is 5.69 Å². The third kappa shape index (κ3) is 3.22. The molecule has 110 valence electrons. The minimum atomic E-state index is -0.390. The second kappa shape index (κ2) is 6.13. The molecule has 0 fully saturated rings. The Morgan fingerprint density at radius 3 is 2.52 bits per heavy atom. The van der Waals surface area contributed by atoms with Crippen LogP contribution in [-0.4, -0.2) is 24.7 Å². The molecule has 0 aliphatic rings. The number of nitrogens with one attached hydrogen (secondary N) is 1. The van der Waals surface area contributed by atoms with Gasteiger partial charge in [-0.15, -0.1) is 0 Å². The largest absolute Gasteiger partial charge is 0.497 e. The molecule has 1 heterocycles. The van der Waals surface area contributed by atoms with Gasteiger partial charge in [-0.3, -0.25) is 9.59 Å². The number of carbonyl (C=O) groups excluding carboxylic acids is 1. The second-order valence-corrected chi connectivity index (χ2v) is 4.38. The summed E-state index contributed by atoms with van der Waals surface area (Å²) in [5.74, 6) is 0.710. The Morgan fingerprint density at radius 2 is 1.90 bits per heavy atom. The van der Waals surface area contributed by atoms with Gasteiger partial charge in [-0.05, 0) is 18.2 Å². The number of hydrogen-bond acceptors (Lipinski definition) is 4. The summed E-state index contributed by atoms with van der Waals surface area (Å²) in [6.45, 7) is 0. The highest BCUT2D eigenvalue weighted by atomic mass is 16.5. The summed E-state index contributed by atoms with van der Waals surface area (Å²) in [5, 5.41) is 2.71. The van der Waals surface area contributed by atoms with E-state index >= 15 is 0 Å². The van der Waals surface area contributed by atoms with Crippen molar-refractivity contribution in [3.63, 3.8) is 0 Å². The van der Waals surface area contributed by atoms with Gasteiger partial charge in [0.05, 0.1) is 19.9 Å². The molecule has 1 aromatic heterocycles. The maximum absolute atomic E-state index is 12.2. The van der Waals surface area contributed by atoms with Crippen molar-refractivity contribution in [3.05, 3.63) is 52.4 Å². The average Bonchev–Trinajstić information content (AvgIpc) is 2.49. The van der Waals surface area contributed by atoms with Crippen molar-refractivity contribution in [1.82, 2.24) is 4.57 Å². The lowest BCUT2D eigenvalue weighted by Gasteiger charge is -2.11. The lowest BCUT2D eigenvalue weighted by atomic mass is 10.2. The quantitative estimate of drug-likeness (QED) is 0.929. The molecule has 0 atom stereocenters. The fourth-order valence-corrected chi connectivity index (χ4v) is 1.80. The Hall–Kier alpha value is -2.76. The van der Waals surface area contributed by atoms with Crippen LogP contribution in [0.25, 0.3) is 0 Å². The van der Waals surface area contributed by atoms with Gasteiger partial charge >= 0.3 is 0 Å². The molecule has 0 spiro atoms. The number of methoxy groups -OCH3 is 2. The Kier molecular flexibility index (Phi) is 4.27. The minimum absolute atomic E-state index is 0.250. The van der Waals surface area contributed by atoms with Crippen LogP contribution in [0.5, 0.6) is 11.5 Å². The number of anilines is 1. The van der Waals surface area contributed by atoms with Crippen LogP contribution in [0.3, 0.4) is 0 Å². The Bertz CT molecular complexity index is 722. The highest BCUT2D eigenvalue weighted by Gasteiger charge is 2.11. The topological polar surface area (TPSA) is 69.6 Å². The van der Waals surface area contributed by atoms with Gasteiger partial charge in [-0.1, -0.05) is 0 Å². The zero-order valence-corrected chi connectivity index (χ0v) is 12.0. The molecule has 0 radical (unpaired) electrons. The normalized spacial score (nSPS) is 10.0. The smallest absolute Gasteiger partial charge is 0.256 e. The number of ether oxygens (including phenoxy) is 2. The predicted octanol–water partition coefficient (Wildman–Crippen LogP) is 1.65. The number of carbonyl (C=O) groups is 1. The molecule has 1 amide bonds. The van der Waals surface area contributed by atoms with Crippen molar-refractivity contribution in [2.45, 2.75) is 0 Å². The van der Waals surface area contributed by atoms with Gasteiger partial charge in [0.1, 0.15) is 11.5 Å². The Morgan fingerprint density at radius 1 is 1.14 bits per heavy atom. The first-order chi connectivity index (χ1) is 10.0. The number of rotatable bonds is 4. The van der Waals surface area contributed by atoms with Crippen LogP contribution >= 0.6 is 0 Å². The van der Waals surface area contributed by atoms with Crippen molar-refractivity contribution in [2.75, 3.05) is 19.5 Å². The first-order valence-corrected chi connectivity index (χ1v) is 6.25. The minimum Gasteiger partial charge on any atom is -0.497 e. The summed E-state index contributed by atoms with van der Waals surface area (Å²) in [6.07, 6.45) is 1.54. The first kappa shape index (κ1) is 14.6. The van der Waals surface area contributed by atoms with E-state index in [2.05, 4.69) is 5.32 Å². The van der Waals surface area contributed by atoms with Crippen molar-refractivity contribution in [2.24, 2.45) is 7.05 Å². The SMILES string of the molecule is COc1ccc(OC)c(NC(=O)c2ccn(C)c(=O)c2)c1. The molecule has 0 aliphatic heterocycles.